The summed E-state index contributed by atoms with van der Waals surface area (Å²) in [6, 6.07) is 9.56. The predicted octanol–water partition coefficient (Wildman–Crippen LogP) is 2.41. The zero-order valence-corrected chi connectivity index (χ0v) is 13.4. The van der Waals surface area contributed by atoms with E-state index in [4.69, 9.17) is 11.6 Å². The molecule has 23 heavy (non-hydrogen) atoms. The summed E-state index contributed by atoms with van der Waals surface area (Å²) in [5.41, 5.74) is 1.12. The number of nitriles is 1. The van der Waals surface area contributed by atoms with Gasteiger partial charge in [-0.15, -0.1) is 11.6 Å². The molecular formula is C17H16ClN3O2. The molecule has 6 heteroatoms. The number of anilines is 1. The maximum absolute atomic E-state index is 12.4. The number of aryl methyl sites for hydroxylation is 1. The number of fused-ring (bicyclic) bond motifs is 1. The third kappa shape index (κ3) is 2.60. The van der Waals surface area contributed by atoms with E-state index >= 15 is 0 Å². The van der Waals surface area contributed by atoms with Gasteiger partial charge in [0.15, 0.2) is 5.78 Å². The lowest BCUT2D eigenvalue weighted by Gasteiger charge is -2.35. The summed E-state index contributed by atoms with van der Waals surface area (Å²) in [7, 11) is 1.66. The molecule has 0 atom stereocenters. The van der Waals surface area contributed by atoms with E-state index in [0.29, 0.717) is 18.5 Å². The molecule has 0 spiro atoms. The van der Waals surface area contributed by atoms with E-state index in [2.05, 4.69) is 5.32 Å². The summed E-state index contributed by atoms with van der Waals surface area (Å²) in [5, 5.41) is 13.5. The molecule has 3 rings (SSSR count). The molecule has 0 bridgehead atoms. The number of aromatic nitrogens is 1. The maximum atomic E-state index is 12.4. The largest absolute Gasteiger partial charge is 0.380 e. The first-order valence-corrected chi connectivity index (χ1v) is 7.97. The minimum absolute atomic E-state index is 0.0201. The van der Waals surface area contributed by atoms with Crippen LogP contribution in [0.25, 0.3) is 10.9 Å². The quantitative estimate of drug-likeness (QED) is 0.874. The topological polar surface area (TPSA) is 74.9 Å². The number of hydrogen-bond acceptors (Lipinski definition) is 4. The normalized spacial score (nSPS) is 19.9. The average molecular weight is 330 g/mol. The molecule has 1 fully saturated rings. The van der Waals surface area contributed by atoms with Crippen LogP contribution in [0.15, 0.2) is 29.1 Å². The average Bonchev–Trinajstić information content (AvgIpc) is 2.54. The number of nitrogens with zero attached hydrogens (tertiary/aromatic N) is 2. The number of ketones is 1. The summed E-state index contributed by atoms with van der Waals surface area (Å²) in [6.07, 6.45) is 1.36. The van der Waals surface area contributed by atoms with Gasteiger partial charge in [-0.25, -0.2) is 0 Å². The molecule has 1 aromatic carbocycles. The van der Waals surface area contributed by atoms with Crippen LogP contribution in [0.1, 0.15) is 18.4 Å². The second-order valence-electron chi connectivity index (χ2n) is 5.85. The fourth-order valence-corrected chi connectivity index (χ4v) is 3.28. The number of pyridine rings is 1. The number of rotatable bonds is 4. The molecule has 5 nitrogen and oxygen atoms in total. The van der Waals surface area contributed by atoms with E-state index in [1.54, 1.807) is 7.05 Å². The van der Waals surface area contributed by atoms with Crippen molar-refractivity contribution in [2.24, 2.45) is 13.0 Å². The first-order valence-electron chi connectivity index (χ1n) is 7.43. The third-order valence-electron chi connectivity index (χ3n) is 4.49. The lowest BCUT2D eigenvalue weighted by Crippen LogP contribution is -2.40. The second-order valence-corrected chi connectivity index (χ2v) is 6.12. The van der Waals surface area contributed by atoms with Gasteiger partial charge >= 0.3 is 0 Å². The van der Waals surface area contributed by atoms with Crippen molar-refractivity contribution in [3.8, 4) is 6.07 Å². The monoisotopic (exact) mass is 329 g/mol. The predicted molar refractivity (Wildman–Crippen MR) is 89.8 cm³/mol. The Bertz CT molecular complexity index is 876. The SMILES string of the molecule is Cn1c(=O)c(C#N)c(NC2CC(C(=O)CCl)C2)c2ccccc21. The van der Waals surface area contributed by atoms with Crippen LogP contribution in [0, 0.1) is 17.2 Å². The van der Waals surface area contributed by atoms with Gasteiger partial charge in [0.2, 0.25) is 0 Å². The van der Waals surface area contributed by atoms with Crippen LogP contribution >= 0.6 is 11.6 Å². The van der Waals surface area contributed by atoms with Gasteiger partial charge < -0.3 is 9.88 Å². The highest BCUT2D eigenvalue weighted by Crippen LogP contribution is 2.34. The number of carbonyl (C=O) groups is 1. The molecule has 1 aliphatic carbocycles. The van der Waals surface area contributed by atoms with Crippen LogP contribution < -0.4 is 10.9 Å². The van der Waals surface area contributed by atoms with Crippen molar-refractivity contribution >= 4 is 34.0 Å². The van der Waals surface area contributed by atoms with E-state index in [1.807, 2.05) is 30.3 Å². The Balaban J connectivity index is 1.98. The fraction of sp³-hybridized carbons (Fsp3) is 0.353. The van der Waals surface area contributed by atoms with E-state index in [-0.39, 0.29) is 34.7 Å². The molecule has 1 saturated carbocycles. The van der Waals surface area contributed by atoms with Crippen molar-refractivity contribution < 1.29 is 4.79 Å². The molecule has 2 aromatic rings. The Morgan fingerprint density at radius 2 is 2.13 bits per heavy atom. The van der Waals surface area contributed by atoms with E-state index in [9.17, 15) is 14.9 Å². The van der Waals surface area contributed by atoms with Crippen molar-refractivity contribution in [3.05, 3.63) is 40.2 Å². The van der Waals surface area contributed by atoms with Gasteiger partial charge in [-0.1, -0.05) is 18.2 Å². The molecule has 118 valence electrons. The summed E-state index contributed by atoms with van der Waals surface area (Å²) in [5.74, 6) is 0.0720. The molecule has 1 aliphatic rings. The lowest BCUT2D eigenvalue weighted by molar-refractivity contribution is -0.122. The lowest BCUT2D eigenvalue weighted by atomic mass is 9.77. The van der Waals surface area contributed by atoms with Crippen molar-refractivity contribution in [2.75, 3.05) is 11.2 Å². The number of benzene rings is 1. The molecule has 0 unspecified atom stereocenters. The molecule has 1 N–H and O–H groups in total. The standard InChI is InChI=1S/C17H16ClN3O2/c1-21-14-5-3-2-4-12(14)16(13(9-19)17(21)23)20-11-6-10(7-11)15(22)8-18/h2-5,10-11,20H,6-8H2,1H3. The van der Waals surface area contributed by atoms with E-state index < -0.39 is 0 Å². The minimum Gasteiger partial charge on any atom is -0.380 e. The number of carbonyl (C=O) groups excluding carboxylic acids is 1. The first-order chi connectivity index (χ1) is 11.1. The van der Waals surface area contributed by atoms with Crippen LogP contribution in [0.4, 0.5) is 5.69 Å². The summed E-state index contributed by atoms with van der Waals surface area (Å²) < 4.78 is 1.49. The van der Waals surface area contributed by atoms with E-state index in [0.717, 1.165) is 10.9 Å². The van der Waals surface area contributed by atoms with Gasteiger partial charge in [0.1, 0.15) is 11.6 Å². The van der Waals surface area contributed by atoms with Crippen LogP contribution in [0.5, 0.6) is 0 Å². The Kier molecular flexibility index (Phi) is 4.10. The van der Waals surface area contributed by atoms with Gasteiger partial charge in [-0.05, 0) is 18.9 Å². The number of halogens is 1. The molecular weight excluding hydrogens is 314 g/mol. The van der Waals surface area contributed by atoms with Crippen LogP contribution in [-0.2, 0) is 11.8 Å². The van der Waals surface area contributed by atoms with Crippen molar-refractivity contribution in [1.29, 1.82) is 5.26 Å². The van der Waals surface area contributed by atoms with Crippen molar-refractivity contribution in [2.45, 2.75) is 18.9 Å². The first kappa shape index (κ1) is 15.6. The number of Topliss-reactive ketones (excluding diaryl/α,β-unsaturated/α-hetero) is 1. The third-order valence-corrected chi connectivity index (χ3v) is 4.75. The van der Waals surface area contributed by atoms with Gasteiger partial charge in [-0.3, -0.25) is 9.59 Å². The smallest absolute Gasteiger partial charge is 0.270 e. The van der Waals surface area contributed by atoms with Gasteiger partial charge in [0.05, 0.1) is 17.1 Å². The Labute approximate surface area is 138 Å². The molecule has 0 amide bonds. The Morgan fingerprint density at radius 1 is 1.43 bits per heavy atom. The number of para-hydroxylation sites is 1. The summed E-state index contributed by atoms with van der Waals surface area (Å²) >= 11 is 5.57. The van der Waals surface area contributed by atoms with Crippen molar-refractivity contribution in [3.63, 3.8) is 0 Å². The highest BCUT2D eigenvalue weighted by atomic mass is 35.5. The van der Waals surface area contributed by atoms with E-state index in [1.165, 1.54) is 4.57 Å². The molecule has 0 radical (unpaired) electrons. The van der Waals surface area contributed by atoms with Gasteiger partial charge in [-0.2, -0.15) is 5.26 Å². The zero-order valence-electron chi connectivity index (χ0n) is 12.7. The summed E-state index contributed by atoms with van der Waals surface area (Å²) in [4.78, 5) is 23.9. The van der Waals surface area contributed by atoms with Gasteiger partial charge in [0.25, 0.3) is 5.56 Å². The highest BCUT2D eigenvalue weighted by molar-refractivity contribution is 6.28. The molecule has 0 saturated heterocycles. The van der Waals surface area contributed by atoms with Crippen LogP contribution in [0.3, 0.4) is 0 Å². The van der Waals surface area contributed by atoms with Gasteiger partial charge in [0, 0.05) is 24.4 Å². The maximum Gasteiger partial charge on any atom is 0.270 e. The zero-order chi connectivity index (χ0) is 16.6. The van der Waals surface area contributed by atoms with Crippen molar-refractivity contribution in [1.82, 2.24) is 4.57 Å². The minimum atomic E-state index is -0.318. The van der Waals surface area contributed by atoms with Crippen LogP contribution in [-0.4, -0.2) is 22.3 Å². The number of alkyl halides is 1. The molecule has 1 aromatic heterocycles. The second kappa shape index (κ2) is 6.05. The molecule has 1 heterocycles. The Morgan fingerprint density at radius 3 is 2.78 bits per heavy atom. The Hall–Kier alpha value is -2.32. The highest BCUT2D eigenvalue weighted by Gasteiger charge is 2.34. The summed E-state index contributed by atoms with van der Waals surface area (Å²) in [6.45, 7) is 0. The number of nitrogens with one attached hydrogen (secondary N) is 1. The fourth-order valence-electron chi connectivity index (χ4n) is 3.06. The number of hydrogen-bond donors (Lipinski definition) is 1. The molecule has 0 aliphatic heterocycles. The van der Waals surface area contributed by atoms with Crippen LogP contribution in [0.2, 0.25) is 0 Å².